The molecule has 8 nitrogen and oxygen atoms in total. The Hall–Kier alpha value is -2.87. The summed E-state index contributed by atoms with van der Waals surface area (Å²) in [5.74, 6) is 1.22. The maximum Gasteiger partial charge on any atom is 0.274 e. The zero-order valence-corrected chi connectivity index (χ0v) is 14.9. The van der Waals surface area contributed by atoms with E-state index >= 15 is 0 Å². The molecule has 134 valence electrons. The number of anilines is 2. The molecule has 0 saturated heterocycles. The Kier molecular flexibility index (Phi) is 6.53. The van der Waals surface area contributed by atoms with Gasteiger partial charge in [0, 0.05) is 25.4 Å². The highest BCUT2D eigenvalue weighted by molar-refractivity contribution is 6.03. The number of carbonyl (C=O) groups is 1. The monoisotopic (exact) mass is 345 g/mol. The van der Waals surface area contributed by atoms with E-state index in [1.54, 1.807) is 37.6 Å². The molecule has 8 heteroatoms. The van der Waals surface area contributed by atoms with E-state index in [4.69, 9.17) is 9.47 Å². The molecular weight excluding hydrogens is 322 g/mol. The molecule has 2 rings (SSSR count). The van der Waals surface area contributed by atoms with Gasteiger partial charge in [-0.2, -0.15) is 0 Å². The molecule has 0 atom stereocenters. The lowest BCUT2D eigenvalue weighted by atomic mass is 10.2. The first-order valence-electron chi connectivity index (χ1n) is 7.78. The van der Waals surface area contributed by atoms with Gasteiger partial charge in [-0.3, -0.25) is 4.79 Å². The summed E-state index contributed by atoms with van der Waals surface area (Å²) in [6.07, 6.45) is 1.55. The molecule has 2 aromatic rings. The molecule has 0 aliphatic carbocycles. The van der Waals surface area contributed by atoms with Crippen LogP contribution in [0.25, 0.3) is 0 Å². The Morgan fingerprint density at radius 3 is 2.68 bits per heavy atom. The van der Waals surface area contributed by atoms with Crippen LogP contribution in [-0.2, 0) is 0 Å². The highest BCUT2D eigenvalue weighted by Gasteiger charge is 2.13. The number of nitrogens with one attached hydrogen (secondary N) is 2. The van der Waals surface area contributed by atoms with Crippen molar-refractivity contribution >= 4 is 17.5 Å². The van der Waals surface area contributed by atoms with Crippen molar-refractivity contribution in [1.82, 2.24) is 14.9 Å². The molecule has 0 radical (unpaired) electrons. The Labute approximate surface area is 147 Å². The van der Waals surface area contributed by atoms with E-state index in [9.17, 15) is 4.79 Å². The van der Waals surface area contributed by atoms with Crippen molar-refractivity contribution in [3.05, 3.63) is 36.2 Å². The van der Waals surface area contributed by atoms with E-state index < -0.39 is 0 Å². The fraction of sp³-hybridized carbons (Fsp3) is 0.353. The van der Waals surface area contributed by atoms with Gasteiger partial charge in [0.25, 0.3) is 5.91 Å². The SMILES string of the molecule is COc1ccc(NC(=O)c2ccnc(NCCN(C)C)n2)c(OC)c1. The molecule has 1 aromatic heterocycles. The number of likely N-dealkylation sites (N-methyl/N-ethyl adjacent to an activating group) is 1. The van der Waals surface area contributed by atoms with Crippen molar-refractivity contribution in [3.8, 4) is 11.5 Å². The van der Waals surface area contributed by atoms with Crippen molar-refractivity contribution in [2.24, 2.45) is 0 Å². The van der Waals surface area contributed by atoms with E-state index in [1.165, 1.54) is 7.11 Å². The Morgan fingerprint density at radius 1 is 1.20 bits per heavy atom. The molecule has 0 aliphatic heterocycles. The molecule has 0 spiro atoms. The topological polar surface area (TPSA) is 88.6 Å². The predicted octanol–water partition coefficient (Wildman–Crippen LogP) is 1.72. The van der Waals surface area contributed by atoms with Crippen LogP contribution < -0.4 is 20.1 Å². The van der Waals surface area contributed by atoms with Crippen LogP contribution in [0.2, 0.25) is 0 Å². The molecule has 0 bridgehead atoms. The number of nitrogens with zero attached hydrogens (tertiary/aromatic N) is 3. The van der Waals surface area contributed by atoms with Crippen LogP contribution in [0.15, 0.2) is 30.5 Å². The van der Waals surface area contributed by atoms with Gasteiger partial charge >= 0.3 is 0 Å². The van der Waals surface area contributed by atoms with Gasteiger partial charge in [0.15, 0.2) is 0 Å². The third-order valence-corrected chi connectivity index (χ3v) is 3.39. The highest BCUT2D eigenvalue weighted by atomic mass is 16.5. The van der Waals surface area contributed by atoms with Crippen LogP contribution >= 0.6 is 0 Å². The highest BCUT2D eigenvalue weighted by Crippen LogP contribution is 2.29. The number of aromatic nitrogens is 2. The Balaban J connectivity index is 2.08. The zero-order chi connectivity index (χ0) is 18.2. The first-order valence-corrected chi connectivity index (χ1v) is 7.78. The van der Waals surface area contributed by atoms with Crippen LogP contribution in [0, 0.1) is 0 Å². The number of hydrogen-bond donors (Lipinski definition) is 2. The second kappa shape index (κ2) is 8.84. The van der Waals surface area contributed by atoms with Gasteiger partial charge in [0.05, 0.1) is 19.9 Å². The molecule has 25 heavy (non-hydrogen) atoms. The standard InChI is InChI=1S/C17H23N5O3/c1-22(2)10-9-19-17-18-8-7-14(21-17)16(23)20-13-6-5-12(24-3)11-15(13)25-4/h5-8,11H,9-10H2,1-4H3,(H,20,23)(H,18,19,21). The summed E-state index contributed by atoms with van der Waals surface area (Å²) in [7, 11) is 7.06. The number of amides is 1. The predicted molar refractivity (Wildman–Crippen MR) is 96.6 cm³/mol. The molecule has 0 fully saturated rings. The Morgan fingerprint density at radius 2 is 2.00 bits per heavy atom. The number of rotatable bonds is 8. The van der Waals surface area contributed by atoms with Gasteiger partial charge in [0.1, 0.15) is 17.2 Å². The Bertz CT molecular complexity index is 721. The van der Waals surface area contributed by atoms with E-state index in [-0.39, 0.29) is 11.6 Å². The van der Waals surface area contributed by atoms with E-state index in [2.05, 4.69) is 20.6 Å². The van der Waals surface area contributed by atoms with Gasteiger partial charge in [0.2, 0.25) is 5.95 Å². The summed E-state index contributed by atoms with van der Waals surface area (Å²) in [6.45, 7) is 1.52. The van der Waals surface area contributed by atoms with Crippen LogP contribution in [-0.4, -0.2) is 62.2 Å². The van der Waals surface area contributed by atoms with Gasteiger partial charge in [-0.1, -0.05) is 0 Å². The van der Waals surface area contributed by atoms with Crippen LogP contribution in [0.1, 0.15) is 10.5 Å². The van der Waals surface area contributed by atoms with Crippen molar-refractivity contribution in [1.29, 1.82) is 0 Å². The van der Waals surface area contributed by atoms with Gasteiger partial charge < -0.3 is 25.0 Å². The fourth-order valence-electron chi connectivity index (χ4n) is 2.05. The van der Waals surface area contributed by atoms with Crippen LogP contribution in [0.4, 0.5) is 11.6 Å². The third kappa shape index (κ3) is 5.32. The normalized spacial score (nSPS) is 10.4. The van der Waals surface area contributed by atoms with Gasteiger partial charge in [-0.15, -0.1) is 0 Å². The average Bonchev–Trinajstić information content (AvgIpc) is 2.62. The molecule has 0 unspecified atom stereocenters. The number of ether oxygens (including phenoxy) is 2. The summed E-state index contributed by atoms with van der Waals surface area (Å²) in [4.78, 5) is 22.8. The minimum Gasteiger partial charge on any atom is -0.497 e. The minimum absolute atomic E-state index is 0.264. The summed E-state index contributed by atoms with van der Waals surface area (Å²) < 4.78 is 10.4. The molecule has 1 heterocycles. The third-order valence-electron chi connectivity index (χ3n) is 3.39. The van der Waals surface area contributed by atoms with Crippen LogP contribution in [0.5, 0.6) is 11.5 Å². The maximum atomic E-state index is 12.4. The molecule has 1 aromatic carbocycles. The van der Waals surface area contributed by atoms with E-state index in [0.717, 1.165) is 6.54 Å². The van der Waals surface area contributed by atoms with E-state index in [1.807, 2.05) is 19.0 Å². The molecule has 0 aliphatic rings. The number of benzene rings is 1. The van der Waals surface area contributed by atoms with Gasteiger partial charge in [-0.05, 0) is 32.3 Å². The maximum absolute atomic E-state index is 12.4. The summed E-state index contributed by atoms with van der Waals surface area (Å²) in [5, 5.41) is 5.87. The summed E-state index contributed by atoms with van der Waals surface area (Å²) in [6, 6.07) is 6.71. The average molecular weight is 345 g/mol. The molecular formula is C17H23N5O3. The van der Waals surface area contributed by atoms with Crippen molar-refractivity contribution in [2.45, 2.75) is 0 Å². The van der Waals surface area contributed by atoms with E-state index in [0.29, 0.717) is 29.7 Å². The quantitative estimate of drug-likeness (QED) is 0.753. The van der Waals surface area contributed by atoms with Crippen molar-refractivity contribution < 1.29 is 14.3 Å². The second-order valence-corrected chi connectivity index (χ2v) is 5.52. The lowest BCUT2D eigenvalue weighted by Crippen LogP contribution is -2.22. The molecule has 2 N–H and O–H groups in total. The molecule has 0 saturated carbocycles. The first kappa shape index (κ1) is 18.5. The lowest BCUT2D eigenvalue weighted by molar-refractivity contribution is 0.102. The number of hydrogen-bond acceptors (Lipinski definition) is 7. The second-order valence-electron chi connectivity index (χ2n) is 5.52. The first-order chi connectivity index (χ1) is 12.0. The molecule has 1 amide bonds. The van der Waals surface area contributed by atoms with Crippen LogP contribution in [0.3, 0.4) is 0 Å². The summed E-state index contributed by atoms with van der Waals surface area (Å²) in [5.41, 5.74) is 0.800. The lowest BCUT2D eigenvalue weighted by Gasteiger charge is -2.12. The van der Waals surface area contributed by atoms with Gasteiger partial charge in [-0.25, -0.2) is 9.97 Å². The smallest absolute Gasteiger partial charge is 0.274 e. The zero-order valence-electron chi connectivity index (χ0n) is 14.9. The van der Waals surface area contributed by atoms with Crippen molar-refractivity contribution in [2.75, 3.05) is 52.0 Å². The largest absolute Gasteiger partial charge is 0.497 e. The van der Waals surface area contributed by atoms with Crippen molar-refractivity contribution in [3.63, 3.8) is 0 Å². The number of carbonyl (C=O) groups excluding carboxylic acids is 1. The number of methoxy groups -OCH3 is 2. The fourth-order valence-corrected chi connectivity index (χ4v) is 2.05. The minimum atomic E-state index is -0.346. The summed E-state index contributed by atoms with van der Waals surface area (Å²) >= 11 is 0.